The van der Waals surface area contributed by atoms with Gasteiger partial charge in [0, 0.05) is 44.2 Å². The highest BCUT2D eigenvalue weighted by Crippen LogP contribution is 2.47. The normalized spacial score (nSPS) is 48.0. The summed E-state index contributed by atoms with van der Waals surface area (Å²) in [6.45, 7) is 19.1. The number of carbonyl (C=O) groups excluding carboxylic acids is 1. The van der Waals surface area contributed by atoms with Gasteiger partial charge < -0.3 is 54.0 Å². The molecule has 0 aromatic carbocycles. The summed E-state index contributed by atoms with van der Waals surface area (Å²) in [5, 5.41) is 38.4. The van der Waals surface area contributed by atoms with E-state index in [0.29, 0.717) is 44.3 Å². The molecule has 0 spiro atoms. The van der Waals surface area contributed by atoms with Crippen LogP contribution in [0, 0.1) is 17.8 Å². The molecule has 4 aliphatic heterocycles. The van der Waals surface area contributed by atoms with Crippen LogP contribution in [0.15, 0.2) is 11.3 Å². The number of amides is 1. The summed E-state index contributed by atoms with van der Waals surface area (Å²) in [6.07, 6.45) is -2.33. The number of methoxy groups -OCH3 is 1. The molecule has 0 aromatic heterocycles. The minimum atomic E-state index is -1.67. The van der Waals surface area contributed by atoms with Crippen molar-refractivity contribution in [2.24, 2.45) is 17.8 Å². The molecule has 2 bridgehead atoms. The van der Waals surface area contributed by atoms with Gasteiger partial charge in [-0.05, 0) is 74.1 Å². The van der Waals surface area contributed by atoms with Gasteiger partial charge in [-0.25, -0.2) is 0 Å². The molecule has 3 unspecified atom stereocenters. The van der Waals surface area contributed by atoms with Crippen molar-refractivity contribution in [3.8, 4) is 0 Å². The molecular formula is C38H68N2O10. The lowest BCUT2D eigenvalue weighted by molar-refractivity contribution is -0.308. The fraction of sp³-hybridized carbons (Fsp3) is 0.921. The van der Waals surface area contributed by atoms with Crippen molar-refractivity contribution in [3.63, 3.8) is 0 Å². The average Bonchev–Trinajstić information content (AvgIpc) is 3.35. The van der Waals surface area contributed by atoms with Crippen LogP contribution < -0.4 is 5.32 Å². The molecule has 4 heterocycles. The Balaban J connectivity index is 1.84. The van der Waals surface area contributed by atoms with Gasteiger partial charge in [0.2, 0.25) is 5.91 Å². The molecule has 290 valence electrons. The van der Waals surface area contributed by atoms with Crippen molar-refractivity contribution in [1.29, 1.82) is 0 Å². The predicted octanol–water partition coefficient (Wildman–Crippen LogP) is 3.88. The Morgan fingerprint density at radius 2 is 1.64 bits per heavy atom. The van der Waals surface area contributed by atoms with Crippen molar-refractivity contribution in [1.82, 2.24) is 10.2 Å². The zero-order chi connectivity index (χ0) is 37.5. The van der Waals surface area contributed by atoms with Gasteiger partial charge in [0.1, 0.15) is 29.2 Å². The molecule has 3 fully saturated rings. The Morgan fingerprint density at radius 1 is 0.980 bits per heavy atom. The largest absolute Gasteiger partial charge is 0.489 e. The first kappa shape index (κ1) is 41.4. The summed E-state index contributed by atoms with van der Waals surface area (Å²) in [7, 11) is 5.55. The van der Waals surface area contributed by atoms with Crippen LogP contribution in [-0.2, 0) is 33.2 Å². The maximum absolute atomic E-state index is 14.3. The molecule has 0 aliphatic carbocycles. The molecule has 12 heteroatoms. The first-order valence-electron chi connectivity index (χ1n) is 18.8. The van der Waals surface area contributed by atoms with Gasteiger partial charge in [0.05, 0.1) is 42.0 Å². The third kappa shape index (κ3) is 8.55. The molecule has 1 amide bonds. The van der Waals surface area contributed by atoms with Gasteiger partial charge in [0.15, 0.2) is 12.6 Å². The van der Waals surface area contributed by atoms with E-state index in [1.54, 1.807) is 14.0 Å². The van der Waals surface area contributed by atoms with E-state index in [0.717, 1.165) is 5.57 Å². The summed E-state index contributed by atoms with van der Waals surface area (Å²) in [5.74, 6) is -1.58. The van der Waals surface area contributed by atoms with Crippen molar-refractivity contribution in [2.75, 3.05) is 21.2 Å². The lowest BCUT2D eigenvalue weighted by atomic mass is 9.77. The number of likely N-dealkylation sites (N-methyl/N-ethyl adjacent to an activating group) is 1. The van der Waals surface area contributed by atoms with Crippen LogP contribution in [0.25, 0.3) is 0 Å². The number of ether oxygens (including phenoxy) is 6. The van der Waals surface area contributed by atoms with Gasteiger partial charge in [0.25, 0.3) is 0 Å². The quantitative estimate of drug-likeness (QED) is 0.291. The van der Waals surface area contributed by atoms with Crippen molar-refractivity contribution < 1.29 is 48.5 Å². The molecule has 4 rings (SSSR count). The number of nitrogens with one attached hydrogen (secondary N) is 1. The summed E-state index contributed by atoms with van der Waals surface area (Å²) in [5.41, 5.74) is -2.24. The predicted molar refractivity (Wildman–Crippen MR) is 189 cm³/mol. The molecule has 16 atom stereocenters. The second kappa shape index (κ2) is 15.9. The Kier molecular flexibility index (Phi) is 13.2. The number of aliphatic hydroxyl groups excluding tert-OH is 2. The molecule has 0 aromatic rings. The smallest absolute Gasteiger partial charge is 0.225 e. The monoisotopic (exact) mass is 712 g/mol. The van der Waals surface area contributed by atoms with Crippen molar-refractivity contribution >= 4 is 5.91 Å². The number of hydrogen-bond acceptors (Lipinski definition) is 11. The number of carbonyl (C=O) groups is 1. The van der Waals surface area contributed by atoms with E-state index in [4.69, 9.17) is 28.4 Å². The van der Waals surface area contributed by atoms with E-state index in [1.165, 1.54) is 0 Å². The summed E-state index contributed by atoms with van der Waals surface area (Å²) in [6, 6.07) is -0.939. The highest BCUT2D eigenvalue weighted by molar-refractivity contribution is 5.79. The topological polar surface area (TPSA) is 148 Å². The molecule has 12 nitrogen and oxygen atoms in total. The molecular weight excluding hydrogens is 644 g/mol. The van der Waals surface area contributed by atoms with Crippen molar-refractivity contribution in [2.45, 2.75) is 186 Å². The number of nitrogens with zero attached hydrogens (tertiary/aromatic N) is 1. The Morgan fingerprint density at radius 3 is 2.24 bits per heavy atom. The fourth-order valence-corrected chi connectivity index (χ4v) is 9.05. The van der Waals surface area contributed by atoms with E-state index in [1.807, 2.05) is 81.3 Å². The van der Waals surface area contributed by atoms with Crippen LogP contribution in [0.5, 0.6) is 0 Å². The summed E-state index contributed by atoms with van der Waals surface area (Å²) >= 11 is 0. The Labute approximate surface area is 300 Å². The van der Waals surface area contributed by atoms with Crippen molar-refractivity contribution in [3.05, 3.63) is 11.3 Å². The fourth-order valence-electron chi connectivity index (χ4n) is 9.05. The van der Waals surface area contributed by atoms with Gasteiger partial charge in [-0.1, -0.05) is 34.1 Å². The summed E-state index contributed by atoms with van der Waals surface area (Å²) < 4.78 is 39.3. The lowest BCUT2D eigenvalue weighted by Gasteiger charge is -2.48. The number of hydrogen-bond donors (Lipinski definition) is 4. The zero-order valence-electron chi connectivity index (χ0n) is 32.9. The number of fused-ring (bicyclic) bond motifs is 2. The molecule has 50 heavy (non-hydrogen) atoms. The van der Waals surface area contributed by atoms with Crippen LogP contribution in [0.3, 0.4) is 0 Å². The standard InChI is InChI=1S/C38H68N2O10/c1-14-15-27-38(10,44)32(42)23(5)30-20(2)17-37(9,50-30)33(49-35-29(41)26(40(11)12)16-21(3)47-35)24(6)31(25(7)34(43)39-27)48-28-19-36(8,45-13)18-22(4)46-28/h21-29,31-33,35,41-42,44H,14-19H2,1-13H3,(H,39,43)/t21-,22+,23+,24+,25-,26+,27?,28?,29-,31+,32-,33-,35?,36+,37-,38-/m1/s1. The van der Waals surface area contributed by atoms with E-state index in [9.17, 15) is 20.1 Å². The summed E-state index contributed by atoms with van der Waals surface area (Å²) in [4.78, 5) is 16.3. The molecule has 4 aliphatic rings. The maximum atomic E-state index is 14.3. The van der Waals surface area contributed by atoms with E-state index in [-0.39, 0.29) is 24.2 Å². The van der Waals surface area contributed by atoms with E-state index < -0.39 is 77.6 Å². The molecule has 3 saturated heterocycles. The van der Waals surface area contributed by atoms with E-state index in [2.05, 4.69) is 5.32 Å². The molecule has 4 N–H and O–H groups in total. The van der Waals surface area contributed by atoms with Crippen LogP contribution in [0.1, 0.15) is 108 Å². The highest BCUT2D eigenvalue weighted by Gasteiger charge is 2.55. The van der Waals surface area contributed by atoms with Crippen LogP contribution in [0.4, 0.5) is 0 Å². The first-order valence-corrected chi connectivity index (χ1v) is 18.8. The number of aliphatic hydroxyl groups is 3. The molecule has 0 saturated carbocycles. The van der Waals surface area contributed by atoms with Gasteiger partial charge in [-0.2, -0.15) is 0 Å². The third-order valence-electron chi connectivity index (χ3n) is 12.0. The minimum Gasteiger partial charge on any atom is -0.489 e. The lowest BCUT2D eigenvalue weighted by Crippen LogP contribution is -2.61. The zero-order valence-corrected chi connectivity index (χ0v) is 32.9. The second-order valence-corrected chi connectivity index (χ2v) is 16.9. The molecule has 0 radical (unpaired) electrons. The highest BCUT2D eigenvalue weighted by atomic mass is 16.7. The van der Waals surface area contributed by atoms with Crippen LogP contribution in [0.2, 0.25) is 0 Å². The maximum Gasteiger partial charge on any atom is 0.225 e. The number of rotatable bonds is 8. The van der Waals surface area contributed by atoms with Gasteiger partial charge >= 0.3 is 0 Å². The van der Waals surface area contributed by atoms with Crippen LogP contribution >= 0.6 is 0 Å². The minimum absolute atomic E-state index is 0.146. The average molecular weight is 713 g/mol. The van der Waals surface area contributed by atoms with Gasteiger partial charge in [-0.3, -0.25) is 4.79 Å². The first-order chi connectivity index (χ1) is 23.2. The van der Waals surface area contributed by atoms with E-state index >= 15 is 0 Å². The SMILES string of the molecule is CCCC1NC(=O)[C@H](C)[C@@H](OC2C[C@@](C)(OC)C[C@H](C)O2)[C@H](C)[C@@H](OC2O[C@H](C)C[C@H](N(C)C)[C@H]2O)[C@@]2(C)CC(C)=C(O2)[C@H](C)[C@@H](O)[C@]1(C)O. The van der Waals surface area contributed by atoms with Crippen LogP contribution in [-0.4, -0.2) is 125 Å². The Hall–Kier alpha value is -1.35. The second-order valence-electron chi connectivity index (χ2n) is 16.9. The Bertz CT molecular complexity index is 1200. The van der Waals surface area contributed by atoms with Gasteiger partial charge in [-0.15, -0.1) is 0 Å². The third-order valence-corrected chi connectivity index (χ3v) is 12.0.